The maximum absolute atomic E-state index is 12.6. The molecule has 128 valence electrons. The number of carbonyl (C=O) groups excluding carboxylic acids is 3. The van der Waals surface area contributed by atoms with Crippen LogP contribution in [0.25, 0.3) is 0 Å². The van der Waals surface area contributed by atoms with Crippen molar-refractivity contribution < 1.29 is 14.4 Å². The van der Waals surface area contributed by atoms with Crippen LogP contribution in [-0.4, -0.2) is 52.8 Å². The molecule has 0 bridgehead atoms. The highest BCUT2D eigenvalue weighted by Crippen LogP contribution is 2.35. The van der Waals surface area contributed by atoms with Crippen molar-refractivity contribution in [3.8, 4) is 0 Å². The van der Waals surface area contributed by atoms with Crippen molar-refractivity contribution >= 4 is 17.8 Å². The second-order valence-corrected chi connectivity index (χ2v) is 7.21. The molecule has 23 heavy (non-hydrogen) atoms. The van der Waals surface area contributed by atoms with Gasteiger partial charge in [0, 0.05) is 26.1 Å². The third kappa shape index (κ3) is 3.35. The molecule has 0 aromatic rings. The molecule has 2 aliphatic carbocycles. The van der Waals surface area contributed by atoms with Gasteiger partial charge in [-0.05, 0) is 38.0 Å². The highest BCUT2D eigenvalue weighted by molar-refractivity contribution is 6.07. The van der Waals surface area contributed by atoms with Gasteiger partial charge >= 0.3 is 6.03 Å². The summed E-state index contributed by atoms with van der Waals surface area (Å²) in [6, 6.07) is -0.325. The molecule has 0 unspecified atom stereocenters. The van der Waals surface area contributed by atoms with Crippen LogP contribution >= 0.6 is 0 Å². The topological polar surface area (TPSA) is 69.7 Å². The molecule has 2 saturated carbocycles. The molecule has 3 rings (SSSR count). The van der Waals surface area contributed by atoms with Gasteiger partial charge in [-0.15, -0.1) is 0 Å². The summed E-state index contributed by atoms with van der Waals surface area (Å²) in [7, 11) is 0. The molecule has 0 radical (unpaired) electrons. The summed E-state index contributed by atoms with van der Waals surface area (Å²) in [6.45, 7) is 3.86. The van der Waals surface area contributed by atoms with Gasteiger partial charge in [-0.3, -0.25) is 14.5 Å². The lowest BCUT2D eigenvalue weighted by Gasteiger charge is -2.23. The Hall–Kier alpha value is -1.59. The Morgan fingerprint density at radius 3 is 2.61 bits per heavy atom. The van der Waals surface area contributed by atoms with Crippen molar-refractivity contribution in [2.45, 2.75) is 63.8 Å². The van der Waals surface area contributed by atoms with Crippen molar-refractivity contribution in [3.63, 3.8) is 0 Å². The largest absolute Gasteiger partial charge is 0.342 e. The Morgan fingerprint density at radius 1 is 1.30 bits per heavy atom. The molecule has 6 nitrogen and oxygen atoms in total. The van der Waals surface area contributed by atoms with E-state index in [1.54, 1.807) is 0 Å². The van der Waals surface area contributed by atoms with E-state index in [2.05, 4.69) is 12.2 Å². The summed E-state index contributed by atoms with van der Waals surface area (Å²) >= 11 is 0. The average molecular weight is 321 g/mol. The van der Waals surface area contributed by atoms with Crippen LogP contribution in [0.1, 0.15) is 58.3 Å². The fourth-order valence-corrected chi connectivity index (χ4v) is 3.76. The van der Waals surface area contributed by atoms with Gasteiger partial charge in [0.2, 0.25) is 5.91 Å². The van der Waals surface area contributed by atoms with Crippen molar-refractivity contribution in [1.29, 1.82) is 0 Å². The predicted molar refractivity (Wildman–Crippen MR) is 85.7 cm³/mol. The van der Waals surface area contributed by atoms with Gasteiger partial charge in [0.05, 0.1) is 0 Å². The number of imide groups is 1. The van der Waals surface area contributed by atoms with E-state index >= 15 is 0 Å². The lowest BCUT2D eigenvalue weighted by atomic mass is 9.98. The number of nitrogens with zero attached hydrogens (tertiary/aromatic N) is 2. The Balaban J connectivity index is 1.55. The first-order chi connectivity index (χ1) is 11.1. The number of nitrogens with one attached hydrogen (secondary N) is 1. The highest BCUT2D eigenvalue weighted by Gasteiger charge is 2.52. The smallest absolute Gasteiger partial charge is 0.325 e. The molecule has 1 saturated heterocycles. The molecule has 0 atom stereocenters. The number of hydrogen-bond acceptors (Lipinski definition) is 3. The van der Waals surface area contributed by atoms with E-state index in [1.165, 1.54) is 17.7 Å². The Bertz CT molecular complexity index is 495. The van der Waals surface area contributed by atoms with E-state index < -0.39 is 5.54 Å². The van der Waals surface area contributed by atoms with Gasteiger partial charge in [0.1, 0.15) is 5.54 Å². The van der Waals surface area contributed by atoms with Gasteiger partial charge in [-0.1, -0.05) is 19.8 Å². The minimum absolute atomic E-state index is 0.0618. The van der Waals surface area contributed by atoms with Crippen LogP contribution in [0.3, 0.4) is 0 Å². The molecule has 1 aliphatic heterocycles. The molecule has 0 aromatic heterocycles. The van der Waals surface area contributed by atoms with E-state index in [4.69, 9.17) is 0 Å². The predicted octanol–water partition coefficient (Wildman–Crippen LogP) is 1.89. The third-order valence-electron chi connectivity index (χ3n) is 5.27. The highest BCUT2D eigenvalue weighted by atomic mass is 16.2. The number of urea groups is 1. The minimum atomic E-state index is -0.669. The molecule has 4 amide bonds. The second-order valence-electron chi connectivity index (χ2n) is 7.21. The second kappa shape index (κ2) is 6.49. The number of amides is 4. The third-order valence-corrected chi connectivity index (χ3v) is 5.27. The molecule has 3 fully saturated rings. The van der Waals surface area contributed by atoms with Gasteiger partial charge in [0.25, 0.3) is 5.91 Å². The fraction of sp³-hybridized carbons (Fsp3) is 0.824. The van der Waals surface area contributed by atoms with Gasteiger partial charge in [0.15, 0.2) is 0 Å². The van der Waals surface area contributed by atoms with Crippen molar-refractivity contribution in [3.05, 3.63) is 0 Å². The zero-order valence-corrected chi connectivity index (χ0v) is 14.0. The lowest BCUT2D eigenvalue weighted by molar-refractivity contribution is -0.133. The fourth-order valence-electron chi connectivity index (χ4n) is 3.76. The monoisotopic (exact) mass is 321 g/mol. The maximum atomic E-state index is 12.6. The summed E-state index contributed by atoms with van der Waals surface area (Å²) in [6.07, 6.45) is 7.00. The number of carbonyl (C=O) groups is 3. The Kier molecular flexibility index (Phi) is 4.60. The Morgan fingerprint density at radius 2 is 2.00 bits per heavy atom. The molecule has 1 spiro atoms. The molecule has 0 aromatic carbocycles. The van der Waals surface area contributed by atoms with E-state index in [-0.39, 0.29) is 30.8 Å². The van der Waals surface area contributed by atoms with Crippen LogP contribution in [0.5, 0.6) is 0 Å². The van der Waals surface area contributed by atoms with Crippen LogP contribution in [-0.2, 0) is 9.59 Å². The van der Waals surface area contributed by atoms with Crippen molar-refractivity contribution in [2.24, 2.45) is 5.92 Å². The maximum Gasteiger partial charge on any atom is 0.325 e. The average Bonchev–Trinajstić information content (AvgIpc) is 3.16. The Labute approximate surface area is 137 Å². The summed E-state index contributed by atoms with van der Waals surface area (Å²) < 4.78 is 0. The summed E-state index contributed by atoms with van der Waals surface area (Å²) in [5.74, 6) is 0.590. The zero-order chi connectivity index (χ0) is 16.4. The van der Waals surface area contributed by atoms with Crippen LogP contribution in [0.2, 0.25) is 0 Å². The first kappa shape index (κ1) is 16.3. The first-order valence-electron chi connectivity index (χ1n) is 8.97. The van der Waals surface area contributed by atoms with E-state index in [1.807, 2.05) is 4.90 Å². The van der Waals surface area contributed by atoms with Crippen molar-refractivity contribution in [1.82, 2.24) is 15.1 Å². The van der Waals surface area contributed by atoms with E-state index in [9.17, 15) is 14.4 Å². The SMILES string of the molecule is CCCN(CC1CC1)C(=O)CCN1C(=O)NC2(CCCC2)C1=O. The summed E-state index contributed by atoms with van der Waals surface area (Å²) in [4.78, 5) is 40.3. The molecular weight excluding hydrogens is 294 g/mol. The molecule has 1 heterocycles. The van der Waals surface area contributed by atoms with Crippen LogP contribution in [0, 0.1) is 5.92 Å². The standard InChI is InChI=1S/C17H27N3O3/c1-2-10-19(12-13-5-6-13)14(21)7-11-20-15(22)17(18-16(20)23)8-3-4-9-17/h13H,2-12H2,1H3,(H,18,23). The van der Waals surface area contributed by atoms with Gasteiger partial charge in [-0.2, -0.15) is 0 Å². The van der Waals surface area contributed by atoms with Crippen molar-refractivity contribution in [2.75, 3.05) is 19.6 Å². The number of rotatable bonds is 7. The quantitative estimate of drug-likeness (QED) is 0.728. The molecule has 1 N–H and O–H groups in total. The molecule has 3 aliphatic rings. The van der Waals surface area contributed by atoms with Gasteiger partial charge in [-0.25, -0.2) is 4.79 Å². The normalized spacial score (nSPS) is 22.7. The van der Waals surface area contributed by atoms with Crippen LogP contribution in [0.15, 0.2) is 0 Å². The summed E-state index contributed by atoms with van der Waals surface area (Å²) in [5, 5.41) is 2.86. The summed E-state index contributed by atoms with van der Waals surface area (Å²) in [5.41, 5.74) is -0.669. The lowest BCUT2D eigenvalue weighted by Crippen LogP contribution is -2.44. The first-order valence-corrected chi connectivity index (χ1v) is 8.97. The van der Waals surface area contributed by atoms with Crippen LogP contribution in [0.4, 0.5) is 4.79 Å². The van der Waals surface area contributed by atoms with E-state index in [0.717, 1.165) is 45.2 Å². The molecular formula is C17H27N3O3. The molecule has 6 heteroatoms. The van der Waals surface area contributed by atoms with E-state index in [0.29, 0.717) is 5.92 Å². The zero-order valence-electron chi connectivity index (χ0n) is 14.0. The van der Waals surface area contributed by atoms with Gasteiger partial charge < -0.3 is 10.2 Å². The number of hydrogen-bond donors (Lipinski definition) is 1. The van der Waals surface area contributed by atoms with Crippen LogP contribution < -0.4 is 5.32 Å². The minimum Gasteiger partial charge on any atom is -0.342 e.